The van der Waals surface area contributed by atoms with E-state index in [0.29, 0.717) is 6.42 Å². The number of unbranched alkanes of at least 4 members (excludes halogenated alkanes) is 1. The summed E-state index contributed by atoms with van der Waals surface area (Å²) < 4.78 is 0. The smallest absolute Gasteiger partial charge is 0.0622 e. The molecule has 1 fully saturated rings. The third-order valence-electron chi connectivity index (χ3n) is 1.97. The quantitative estimate of drug-likeness (QED) is 0.549. The molecule has 0 bridgehead atoms. The van der Waals surface area contributed by atoms with Gasteiger partial charge in [0.2, 0.25) is 0 Å². The molecule has 0 aromatic rings. The van der Waals surface area contributed by atoms with E-state index in [-0.39, 0.29) is 0 Å². The topological polar surface area (TPSA) is 27.0 Å². The largest absolute Gasteiger partial charge is 0.303 e. The van der Waals surface area contributed by atoms with Crippen LogP contribution in [0.15, 0.2) is 0 Å². The summed E-state index contributed by atoms with van der Waals surface area (Å²) in [6, 6.07) is 3.00. The van der Waals surface area contributed by atoms with Crippen LogP contribution in [0.25, 0.3) is 0 Å². The van der Waals surface area contributed by atoms with Gasteiger partial charge in [0.25, 0.3) is 0 Å². The molecular weight excluding hydrogens is 124 g/mol. The van der Waals surface area contributed by atoms with Gasteiger partial charge in [0, 0.05) is 12.5 Å². The van der Waals surface area contributed by atoms with Crippen LogP contribution in [0.4, 0.5) is 0 Å². The summed E-state index contributed by atoms with van der Waals surface area (Å²) in [4.78, 5) is 2.36. The van der Waals surface area contributed by atoms with E-state index in [9.17, 15) is 0 Å². The molecule has 0 radical (unpaired) electrons. The summed E-state index contributed by atoms with van der Waals surface area (Å²) in [7, 11) is 2.15. The van der Waals surface area contributed by atoms with Crippen LogP contribution < -0.4 is 0 Å². The van der Waals surface area contributed by atoms with Crippen molar-refractivity contribution in [2.24, 2.45) is 0 Å². The Hall–Kier alpha value is -0.550. The molecule has 0 aromatic carbocycles. The average Bonchev–Trinajstić information content (AvgIpc) is 2.69. The highest BCUT2D eigenvalue weighted by Crippen LogP contribution is 2.25. The summed E-state index contributed by atoms with van der Waals surface area (Å²) in [5, 5.41) is 8.26. The van der Waals surface area contributed by atoms with E-state index in [0.717, 1.165) is 19.0 Å². The Morgan fingerprint density at radius 3 is 2.80 bits per heavy atom. The first-order valence-electron chi connectivity index (χ1n) is 3.92. The molecule has 10 heavy (non-hydrogen) atoms. The fourth-order valence-corrected chi connectivity index (χ4v) is 1.11. The highest BCUT2D eigenvalue weighted by atomic mass is 15.1. The van der Waals surface area contributed by atoms with Crippen molar-refractivity contribution in [2.75, 3.05) is 13.6 Å². The van der Waals surface area contributed by atoms with Gasteiger partial charge in [-0.2, -0.15) is 5.26 Å². The Balaban J connectivity index is 1.96. The minimum absolute atomic E-state index is 0.705. The van der Waals surface area contributed by atoms with Crippen LogP contribution in [0, 0.1) is 11.3 Å². The lowest BCUT2D eigenvalue weighted by molar-refractivity contribution is 0.321. The minimum atomic E-state index is 0.705. The molecule has 0 spiro atoms. The molecule has 2 nitrogen and oxygen atoms in total. The molecule has 1 aliphatic carbocycles. The third kappa shape index (κ3) is 2.36. The first-order valence-corrected chi connectivity index (χ1v) is 3.92. The van der Waals surface area contributed by atoms with Gasteiger partial charge in [-0.1, -0.05) is 0 Å². The van der Waals surface area contributed by atoms with Gasteiger partial charge in [-0.25, -0.2) is 0 Å². The number of rotatable bonds is 4. The van der Waals surface area contributed by atoms with Crippen molar-refractivity contribution in [3.8, 4) is 6.07 Å². The first-order chi connectivity index (χ1) is 4.84. The van der Waals surface area contributed by atoms with Crippen LogP contribution in [0.2, 0.25) is 0 Å². The monoisotopic (exact) mass is 138 g/mol. The van der Waals surface area contributed by atoms with Crippen LogP contribution in [0.3, 0.4) is 0 Å². The van der Waals surface area contributed by atoms with Gasteiger partial charge in [0.05, 0.1) is 6.07 Å². The molecule has 0 N–H and O–H groups in total. The molecule has 1 saturated carbocycles. The zero-order chi connectivity index (χ0) is 7.40. The number of hydrogen-bond acceptors (Lipinski definition) is 2. The van der Waals surface area contributed by atoms with Gasteiger partial charge >= 0.3 is 0 Å². The fourth-order valence-electron chi connectivity index (χ4n) is 1.11. The molecule has 2 heteroatoms. The second kappa shape index (κ2) is 3.58. The van der Waals surface area contributed by atoms with Gasteiger partial charge in [-0.15, -0.1) is 0 Å². The molecule has 0 atom stereocenters. The summed E-state index contributed by atoms with van der Waals surface area (Å²) in [5.74, 6) is 0. The van der Waals surface area contributed by atoms with Crippen molar-refractivity contribution >= 4 is 0 Å². The fraction of sp³-hybridized carbons (Fsp3) is 0.875. The van der Waals surface area contributed by atoms with Crippen LogP contribution in [0.5, 0.6) is 0 Å². The second-order valence-electron chi connectivity index (χ2n) is 2.97. The van der Waals surface area contributed by atoms with Crippen molar-refractivity contribution in [3.63, 3.8) is 0 Å². The molecule has 0 amide bonds. The van der Waals surface area contributed by atoms with Crippen LogP contribution >= 0.6 is 0 Å². The Morgan fingerprint density at radius 2 is 2.30 bits per heavy atom. The molecular formula is C8H14N2. The van der Waals surface area contributed by atoms with Gasteiger partial charge in [-0.3, -0.25) is 0 Å². The van der Waals surface area contributed by atoms with Crippen molar-refractivity contribution in [2.45, 2.75) is 31.7 Å². The maximum absolute atomic E-state index is 8.26. The second-order valence-corrected chi connectivity index (χ2v) is 2.97. The predicted octanol–water partition coefficient (Wildman–Crippen LogP) is 1.38. The Labute approximate surface area is 62.4 Å². The normalized spacial score (nSPS) is 17.3. The lowest BCUT2D eigenvalue weighted by Crippen LogP contribution is -2.21. The van der Waals surface area contributed by atoms with Crippen molar-refractivity contribution in [1.82, 2.24) is 4.90 Å². The standard InChI is InChI=1S/C8H14N2/c1-10(8-4-5-8)7-3-2-6-9/h8H,2-5,7H2,1H3. The minimum Gasteiger partial charge on any atom is -0.303 e. The van der Waals surface area contributed by atoms with Crippen molar-refractivity contribution in [1.29, 1.82) is 5.26 Å². The molecule has 0 aromatic heterocycles. The molecule has 0 heterocycles. The van der Waals surface area contributed by atoms with Crippen LogP contribution in [0.1, 0.15) is 25.7 Å². The van der Waals surface area contributed by atoms with E-state index in [4.69, 9.17) is 5.26 Å². The van der Waals surface area contributed by atoms with Crippen LogP contribution in [-0.2, 0) is 0 Å². The number of nitriles is 1. The van der Waals surface area contributed by atoms with Gasteiger partial charge in [0.1, 0.15) is 0 Å². The average molecular weight is 138 g/mol. The Morgan fingerprint density at radius 1 is 1.60 bits per heavy atom. The van der Waals surface area contributed by atoms with E-state index < -0.39 is 0 Å². The zero-order valence-corrected chi connectivity index (χ0v) is 6.51. The maximum Gasteiger partial charge on any atom is 0.0622 e. The Bertz CT molecular complexity index is 133. The lowest BCUT2D eigenvalue weighted by atomic mass is 10.3. The Kier molecular flexibility index (Phi) is 2.70. The summed E-state index contributed by atoms with van der Waals surface area (Å²) in [5.41, 5.74) is 0. The molecule has 56 valence electrons. The van der Waals surface area contributed by atoms with Crippen molar-refractivity contribution in [3.05, 3.63) is 0 Å². The van der Waals surface area contributed by atoms with Gasteiger partial charge < -0.3 is 4.90 Å². The lowest BCUT2D eigenvalue weighted by Gasteiger charge is -2.13. The summed E-state index contributed by atoms with van der Waals surface area (Å²) in [6.45, 7) is 1.10. The maximum atomic E-state index is 8.26. The van der Waals surface area contributed by atoms with Gasteiger partial charge in [-0.05, 0) is 32.9 Å². The molecule has 1 aliphatic rings. The van der Waals surface area contributed by atoms with E-state index in [1.54, 1.807) is 0 Å². The highest BCUT2D eigenvalue weighted by molar-refractivity contribution is 4.82. The van der Waals surface area contributed by atoms with Crippen LogP contribution in [-0.4, -0.2) is 24.5 Å². The molecule has 1 rings (SSSR count). The summed E-state index contributed by atoms with van der Waals surface area (Å²) in [6.07, 6.45) is 4.46. The van der Waals surface area contributed by atoms with Crippen molar-refractivity contribution < 1.29 is 0 Å². The third-order valence-corrected chi connectivity index (χ3v) is 1.97. The van der Waals surface area contributed by atoms with E-state index >= 15 is 0 Å². The summed E-state index contributed by atoms with van der Waals surface area (Å²) >= 11 is 0. The SMILES string of the molecule is CN(CCCC#N)C1CC1. The number of nitrogens with zero attached hydrogens (tertiary/aromatic N) is 2. The van der Waals surface area contributed by atoms with E-state index in [1.807, 2.05) is 0 Å². The number of hydrogen-bond donors (Lipinski definition) is 0. The zero-order valence-electron chi connectivity index (χ0n) is 6.51. The predicted molar refractivity (Wildman–Crippen MR) is 40.5 cm³/mol. The van der Waals surface area contributed by atoms with E-state index in [2.05, 4.69) is 18.0 Å². The molecule has 0 unspecified atom stereocenters. The first kappa shape index (κ1) is 7.56. The van der Waals surface area contributed by atoms with Gasteiger partial charge in [0.15, 0.2) is 0 Å². The van der Waals surface area contributed by atoms with E-state index in [1.165, 1.54) is 12.8 Å². The molecule has 0 saturated heterocycles. The highest BCUT2D eigenvalue weighted by Gasteiger charge is 2.25. The molecule has 0 aliphatic heterocycles.